The van der Waals surface area contributed by atoms with E-state index < -0.39 is 0 Å². The molecule has 0 fully saturated rings. The second-order valence-electron chi connectivity index (χ2n) is 4.16. The highest BCUT2D eigenvalue weighted by molar-refractivity contribution is 5.65. The second kappa shape index (κ2) is 5.43. The Hall–Kier alpha value is -3.20. The van der Waals surface area contributed by atoms with E-state index in [4.69, 9.17) is 14.5 Å². The lowest BCUT2D eigenvalue weighted by molar-refractivity contribution is 0.413. The number of benzene rings is 1. The number of nitrogens with zero attached hydrogens (tertiary/aromatic N) is 4. The van der Waals surface area contributed by atoms with Gasteiger partial charge in [0, 0.05) is 11.8 Å². The Kier molecular flexibility index (Phi) is 3.31. The Morgan fingerprint density at radius 2 is 2.10 bits per heavy atom. The number of ether oxygens (including phenoxy) is 1. The molecule has 0 N–H and O–H groups in total. The molecule has 0 spiro atoms. The van der Waals surface area contributed by atoms with Crippen LogP contribution in [0.4, 0.5) is 0 Å². The molecule has 0 aliphatic heterocycles. The molecule has 6 nitrogen and oxygen atoms in total. The molecule has 2 heterocycles. The maximum absolute atomic E-state index is 8.86. The fourth-order valence-corrected chi connectivity index (χ4v) is 1.90. The lowest BCUT2D eigenvalue weighted by atomic mass is 10.2. The maximum atomic E-state index is 8.86. The number of hydrogen-bond acceptors (Lipinski definition) is 6. The van der Waals surface area contributed by atoms with Crippen molar-refractivity contribution in [2.24, 2.45) is 0 Å². The van der Waals surface area contributed by atoms with Gasteiger partial charge in [-0.15, -0.1) is 0 Å². The number of methoxy groups -OCH3 is 1. The van der Waals surface area contributed by atoms with E-state index in [9.17, 15) is 0 Å². The molecule has 1 aromatic carbocycles. The number of nitriles is 1. The molecule has 0 saturated carbocycles. The molecule has 0 radical (unpaired) electrons. The Bertz CT molecular complexity index is 820. The van der Waals surface area contributed by atoms with Crippen molar-refractivity contribution in [2.75, 3.05) is 7.11 Å². The standard InChI is InChI=1S/C15H10N4O2/c1-20-13-5-3-2-4-12(13)14-18-15(21-19-14)10-6-7-17-11(8-10)9-16/h2-8H,1H3. The molecule has 0 bridgehead atoms. The van der Waals surface area contributed by atoms with Gasteiger partial charge in [-0.05, 0) is 24.3 Å². The zero-order valence-electron chi connectivity index (χ0n) is 11.1. The van der Waals surface area contributed by atoms with E-state index in [1.807, 2.05) is 30.3 Å². The van der Waals surface area contributed by atoms with Crippen LogP contribution in [0.5, 0.6) is 5.75 Å². The molecule has 0 aliphatic rings. The van der Waals surface area contributed by atoms with Crippen LogP contribution in [0.15, 0.2) is 47.1 Å². The van der Waals surface area contributed by atoms with Crippen molar-refractivity contribution in [3.63, 3.8) is 0 Å². The smallest absolute Gasteiger partial charge is 0.258 e. The summed E-state index contributed by atoms with van der Waals surface area (Å²) in [5, 5.41) is 12.8. The molecular formula is C15H10N4O2. The summed E-state index contributed by atoms with van der Waals surface area (Å²) in [6.45, 7) is 0. The highest BCUT2D eigenvalue weighted by Gasteiger charge is 2.14. The van der Waals surface area contributed by atoms with Crippen molar-refractivity contribution in [1.29, 1.82) is 5.26 Å². The summed E-state index contributed by atoms with van der Waals surface area (Å²) in [4.78, 5) is 8.24. The van der Waals surface area contributed by atoms with Crippen LogP contribution in [0.2, 0.25) is 0 Å². The molecule has 0 aliphatic carbocycles. The largest absolute Gasteiger partial charge is 0.496 e. The molecule has 0 saturated heterocycles. The van der Waals surface area contributed by atoms with Crippen molar-refractivity contribution in [3.8, 4) is 34.7 Å². The maximum Gasteiger partial charge on any atom is 0.258 e. The quantitative estimate of drug-likeness (QED) is 0.732. The topological polar surface area (TPSA) is 84.8 Å². The van der Waals surface area contributed by atoms with E-state index in [-0.39, 0.29) is 0 Å². The van der Waals surface area contributed by atoms with Gasteiger partial charge in [0.2, 0.25) is 5.82 Å². The van der Waals surface area contributed by atoms with Crippen LogP contribution >= 0.6 is 0 Å². The summed E-state index contributed by atoms with van der Waals surface area (Å²) in [6.07, 6.45) is 1.53. The van der Waals surface area contributed by atoms with Crippen LogP contribution in [0.1, 0.15) is 5.69 Å². The minimum absolute atomic E-state index is 0.296. The Balaban J connectivity index is 2.02. The van der Waals surface area contributed by atoms with E-state index in [2.05, 4.69) is 15.1 Å². The van der Waals surface area contributed by atoms with Gasteiger partial charge in [-0.25, -0.2) is 4.98 Å². The average molecular weight is 278 g/mol. The third kappa shape index (κ3) is 2.44. The zero-order valence-corrected chi connectivity index (χ0v) is 11.1. The van der Waals surface area contributed by atoms with E-state index in [0.717, 1.165) is 5.56 Å². The summed E-state index contributed by atoms with van der Waals surface area (Å²) in [7, 11) is 1.59. The van der Waals surface area contributed by atoms with Crippen molar-refractivity contribution in [1.82, 2.24) is 15.1 Å². The first-order chi connectivity index (χ1) is 10.3. The molecule has 3 rings (SSSR count). The van der Waals surface area contributed by atoms with Crippen LogP contribution in [0.3, 0.4) is 0 Å². The molecular weight excluding hydrogens is 268 g/mol. The van der Waals surface area contributed by atoms with E-state index >= 15 is 0 Å². The fraction of sp³-hybridized carbons (Fsp3) is 0.0667. The minimum Gasteiger partial charge on any atom is -0.496 e. The second-order valence-corrected chi connectivity index (χ2v) is 4.16. The number of aromatic nitrogens is 3. The molecule has 0 atom stereocenters. The van der Waals surface area contributed by atoms with Crippen LogP contribution in [0, 0.1) is 11.3 Å². The van der Waals surface area contributed by atoms with Gasteiger partial charge >= 0.3 is 0 Å². The SMILES string of the molecule is COc1ccccc1-c1noc(-c2ccnc(C#N)c2)n1. The van der Waals surface area contributed by atoms with E-state index in [1.54, 1.807) is 19.2 Å². The van der Waals surface area contributed by atoms with Gasteiger partial charge in [-0.3, -0.25) is 0 Å². The number of para-hydroxylation sites is 1. The van der Waals surface area contributed by atoms with Crippen LogP contribution in [0.25, 0.3) is 22.8 Å². The molecule has 2 aromatic heterocycles. The highest BCUT2D eigenvalue weighted by atomic mass is 16.5. The highest BCUT2D eigenvalue weighted by Crippen LogP contribution is 2.29. The van der Waals surface area contributed by atoms with Gasteiger partial charge in [0.05, 0.1) is 12.7 Å². The Morgan fingerprint density at radius 1 is 1.24 bits per heavy atom. The third-order valence-corrected chi connectivity index (χ3v) is 2.90. The van der Waals surface area contributed by atoms with E-state index in [1.165, 1.54) is 6.20 Å². The fourth-order valence-electron chi connectivity index (χ4n) is 1.90. The van der Waals surface area contributed by atoms with Crippen molar-refractivity contribution in [3.05, 3.63) is 48.3 Å². The third-order valence-electron chi connectivity index (χ3n) is 2.90. The van der Waals surface area contributed by atoms with Crippen molar-refractivity contribution in [2.45, 2.75) is 0 Å². The Morgan fingerprint density at radius 3 is 2.90 bits per heavy atom. The molecule has 0 unspecified atom stereocenters. The van der Waals surface area contributed by atoms with Crippen molar-refractivity contribution >= 4 is 0 Å². The normalized spacial score (nSPS) is 10.1. The average Bonchev–Trinajstić information content (AvgIpc) is 3.04. The number of rotatable bonds is 3. The summed E-state index contributed by atoms with van der Waals surface area (Å²) < 4.78 is 10.5. The van der Waals surface area contributed by atoms with Crippen LogP contribution in [-0.2, 0) is 0 Å². The molecule has 0 amide bonds. The Labute approximate surface area is 120 Å². The molecule has 6 heteroatoms. The van der Waals surface area contributed by atoms with E-state index in [0.29, 0.717) is 28.7 Å². The monoisotopic (exact) mass is 278 g/mol. The summed E-state index contributed by atoms with van der Waals surface area (Å²) in [5.41, 5.74) is 1.68. The lowest BCUT2D eigenvalue weighted by Crippen LogP contribution is -1.89. The van der Waals surface area contributed by atoms with Crippen LogP contribution < -0.4 is 4.74 Å². The first-order valence-electron chi connectivity index (χ1n) is 6.15. The number of hydrogen-bond donors (Lipinski definition) is 0. The van der Waals surface area contributed by atoms with Gasteiger partial charge in [-0.2, -0.15) is 10.2 Å². The number of pyridine rings is 1. The van der Waals surface area contributed by atoms with Gasteiger partial charge in [0.1, 0.15) is 17.5 Å². The first kappa shape index (κ1) is 12.8. The molecule has 3 aromatic rings. The van der Waals surface area contributed by atoms with Gasteiger partial charge in [0.25, 0.3) is 5.89 Å². The summed E-state index contributed by atoms with van der Waals surface area (Å²) in [6, 6.07) is 12.7. The summed E-state index contributed by atoms with van der Waals surface area (Å²) in [5.74, 6) is 1.42. The molecule has 21 heavy (non-hydrogen) atoms. The van der Waals surface area contributed by atoms with Gasteiger partial charge in [0.15, 0.2) is 0 Å². The predicted octanol–water partition coefficient (Wildman–Crippen LogP) is 2.68. The predicted molar refractivity (Wildman–Crippen MR) is 74.2 cm³/mol. The van der Waals surface area contributed by atoms with Gasteiger partial charge in [-0.1, -0.05) is 17.3 Å². The summed E-state index contributed by atoms with van der Waals surface area (Å²) >= 11 is 0. The molecule has 102 valence electrons. The van der Waals surface area contributed by atoms with Crippen molar-refractivity contribution < 1.29 is 9.26 Å². The lowest BCUT2D eigenvalue weighted by Gasteiger charge is -2.02. The first-order valence-corrected chi connectivity index (χ1v) is 6.15. The zero-order chi connectivity index (χ0) is 14.7. The van der Waals surface area contributed by atoms with Crippen LogP contribution in [-0.4, -0.2) is 22.2 Å². The van der Waals surface area contributed by atoms with Gasteiger partial charge < -0.3 is 9.26 Å². The minimum atomic E-state index is 0.296.